The lowest BCUT2D eigenvalue weighted by atomic mass is 9.90. The largest absolute Gasteiger partial charge is 0.480 e. The second kappa shape index (κ2) is 6.87. The van der Waals surface area contributed by atoms with Crippen molar-refractivity contribution in [1.29, 1.82) is 0 Å². The highest BCUT2D eigenvalue weighted by molar-refractivity contribution is 5.78. The third-order valence-electron chi connectivity index (χ3n) is 4.62. The van der Waals surface area contributed by atoms with Gasteiger partial charge in [0.2, 0.25) is 0 Å². The summed E-state index contributed by atoms with van der Waals surface area (Å²) in [6.07, 6.45) is 4.52. The van der Waals surface area contributed by atoms with Crippen molar-refractivity contribution in [2.24, 2.45) is 0 Å². The number of carboxylic acid groups (broad SMARTS) is 1. The van der Waals surface area contributed by atoms with Crippen molar-refractivity contribution in [3.8, 4) is 0 Å². The summed E-state index contributed by atoms with van der Waals surface area (Å²) in [6, 6.07) is 0.870. The standard InChI is InChI=1S/C15H28N2O3/c1-3-15(14(18)19,16-13-5-6-13)7-4-8-17-9-10-20-11-12(17)2/h12-13,16H,3-11H2,1-2H3,(H,18,19). The highest BCUT2D eigenvalue weighted by Gasteiger charge is 2.40. The van der Waals surface area contributed by atoms with E-state index in [4.69, 9.17) is 4.74 Å². The fourth-order valence-corrected chi connectivity index (χ4v) is 2.97. The van der Waals surface area contributed by atoms with Crippen LogP contribution in [0.5, 0.6) is 0 Å². The van der Waals surface area contributed by atoms with Gasteiger partial charge in [-0.05, 0) is 45.6 Å². The minimum Gasteiger partial charge on any atom is -0.480 e. The van der Waals surface area contributed by atoms with Gasteiger partial charge in [0.15, 0.2) is 0 Å². The Balaban J connectivity index is 1.82. The van der Waals surface area contributed by atoms with E-state index in [1.165, 1.54) is 0 Å². The van der Waals surface area contributed by atoms with Crippen LogP contribution in [0, 0.1) is 0 Å². The second-order valence-corrected chi connectivity index (χ2v) is 6.22. The Morgan fingerprint density at radius 3 is 2.80 bits per heavy atom. The van der Waals surface area contributed by atoms with Gasteiger partial charge in [-0.25, -0.2) is 0 Å². The van der Waals surface area contributed by atoms with Gasteiger partial charge in [-0.3, -0.25) is 15.0 Å². The predicted molar refractivity (Wildman–Crippen MR) is 77.9 cm³/mol. The van der Waals surface area contributed by atoms with Crippen LogP contribution in [0.3, 0.4) is 0 Å². The summed E-state index contributed by atoms with van der Waals surface area (Å²) in [4.78, 5) is 14.1. The van der Waals surface area contributed by atoms with Crippen LogP contribution in [0.25, 0.3) is 0 Å². The molecule has 0 amide bonds. The molecule has 0 radical (unpaired) electrons. The van der Waals surface area contributed by atoms with Gasteiger partial charge in [-0.2, -0.15) is 0 Å². The Labute approximate surface area is 121 Å². The molecule has 1 saturated carbocycles. The zero-order valence-corrected chi connectivity index (χ0v) is 12.7. The maximum atomic E-state index is 11.7. The summed E-state index contributed by atoms with van der Waals surface area (Å²) in [5, 5.41) is 13.0. The molecule has 1 aliphatic carbocycles. The number of nitrogens with one attached hydrogen (secondary N) is 1. The Morgan fingerprint density at radius 2 is 2.25 bits per heavy atom. The average molecular weight is 284 g/mol. The minimum atomic E-state index is -0.726. The monoisotopic (exact) mass is 284 g/mol. The van der Waals surface area contributed by atoms with Crippen LogP contribution in [0.15, 0.2) is 0 Å². The number of nitrogens with zero attached hydrogens (tertiary/aromatic N) is 1. The average Bonchev–Trinajstić information content (AvgIpc) is 3.23. The number of carboxylic acids is 1. The fraction of sp³-hybridized carbons (Fsp3) is 0.933. The lowest BCUT2D eigenvalue weighted by molar-refractivity contribution is -0.145. The summed E-state index contributed by atoms with van der Waals surface area (Å²) in [6.45, 7) is 7.66. The number of ether oxygens (including phenoxy) is 1. The van der Waals surface area contributed by atoms with Gasteiger partial charge in [0.1, 0.15) is 5.54 Å². The molecule has 2 N–H and O–H groups in total. The molecule has 1 aliphatic heterocycles. The Morgan fingerprint density at radius 1 is 1.50 bits per heavy atom. The Hall–Kier alpha value is -0.650. The van der Waals surface area contributed by atoms with E-state index in [9.17, 15) is 9.90 Å². The molecule has 5 heteroatoms. The molecule has 2 atom stereocenters. The molecule has 2 fully saturated rings. The summed E-state index contributed by atoms with van der Waals surface area (Å²) < 4.78 is 5.43. The highest BCUT2D eigenvalue weighted by atomic mass is 16.5. The summed E-state index contributed by atoms with van der Waals surface area (Å²) in [7, 11) is 0. The van der Waals surface area contributed by atoms with Crippen molar-refractivity contribution in [3.05, 3.63) is 0 Å². The van der Waals surface area contributed by atoms with Gasteiger partial charge in [0.05, 0.1) is 13.2 Å². The normalized spacial score (nSPS) is 27.2. The molecule has 2 aliphatic rings. The molecule has 5 nitrogen and oxygen atoms in total. The smallest absolute Gasteiger partial charge is 0.323 e. The van der Waals surface area contributed by atoms with Crippen molar-refractivity contribution in [2.45, 2.75) is 63.6 Å². The molecular formula is C15H28N2O3. The molecule has 0 aromatic carbocycles. The number of hydrogen-bond donors (Lipinski definition) is 2. The third-order valence-corrected chi connectivity index (χ3v) is 4.62. The maximum Gasteiger partial charge on any atom is 0.323 e. The van der Waals surface area contributed by atoms with Gasteiger partial charge >= 0.3 is 5.97 Å². The number of aliphatic carboxylic acids is 1. The van der Waals surface area contributed by atoms with Gasteiger partial charge in [-0.15, -0.1) is 0 Å². The topological polar surface area (TPSA) is 61.8 Å². The van der Waals surface area contributed by atoms with E-state index in [1.807, 2.05) is 6.92 Å². The van der Waals surface area contributed by atoms with Crippen LogP contribution in [-0.4, -0.2) is 59.9 Å². The summed E-state index contributed by atoms with van der Waals surface area (Å²) in [5.41, 5.74) is -0.726. The molecule has 0 spiro atoms. The van der Waals surface area contributed by atoms with E-state index in [-0.39, 0.29) is 0 Å². The first-order chi connectivity index (χ1) is 9.57. The molecule has 1 heterocycles. The number of morpholine rings is 1. The first kappa shape index (κ1) is 15.7. The van der Waals surface area contributed by atoms with E-state index in [1.54, 1.807) is 0 Å². The fourth-order valence-electron chi connectivity index (χ4n) is 2.97. The van der Waals surface area contributed by atoms with E-state index in [0.717, 1.165) is 45.6 Å². The molecule has 2 rings (SSSR count). The van der Waals surface area contributed by atoms with Gasteiger partial charge in [0, 0.05) is 18.6 Å². The van der Waals surface area contributed by atoms with Crippen molar-refractivity contribution in [3.63, 3.8) is 0 Å². The first-order valence-electron chi connectivity index (χ1n) is 7.90. The quantitative estimate of drug-likeness (QED) is 0.707. The molecule has 20 heavy (non-hydrogen) atoms. The molecule has 0 aromatic heterocycles. The number of rotatable bonds is 8. The van der Waals surface area contributed by atoms with Crippen molar-refractivity contribution >= 4 is 5.97 Å². The lowest BCUT2D eigenvalue weighted by Gasteiger charge is -2.35. The van der Waals surface area contributed by atoms with Gasteiger partial charge in [0.25, 0.3) is 0 Å². The molecule has 116 valence electrons. The zero-order chi connectivity index (χ0) is 14.6. The van der Waals surface area contributed by atoms with E-state index in [0.29, 0.717) is 24.9 Å². The van der Waals surface area contributed by atoms with Crippen LogP contribution >= 0.6 is 0 Å². The molecule has 0 bridgehead atoms. The predicted octanol–water partition coefficient (Wildman–Crippen LogP) is 1.47. The minimum absolute atomic E-state index is 0.424. The highest BCUT2D eigenvalue weighted by Crippen LogP contribution is 2.27. The van der Waals surface area contributed by atoms with Crippen LogP contribution in [0.4, 0.5) is 0 Å². The molecule has 0 aromatic rings. The van der Waals surface area contributed by atoms with Crippen molar-refractivity contribution in [2.75, 3.05) is 26.3 Å². The molecular weight excluding hydrogens is 256 g/mol. The zero-order valence-electron chi connectivity index (χ0n) is 12.7. The van der Waals surface area contributed by atoms with E-state index >= 15 is 0 Å². The van der Waals surface area contributed by atoms with Crippen LogP contribution in [-0.2, 0) is 9.53 Å². The Kier molecular flexibility index (Phi) is 5.41. The maximum absolute atomic E-state index is 11.7. The summed E-state index contributed by atoms with van der Waals surface area (Å²) >= 11 is 0. The van der Waals surface area contributed by atoms with E-state index in [2.05, 4.69) is 17.1 Å². The van der Waals surface area contributed by atoms with Crippen LogP contribution in [0.1, 0.15) is 46.0 Å². The second-order valence-electron chi connectivity index (χ2n) is 6.22. The first-order valence-corrected chi connectivity index (χ1v) is 7.90. The lowest BCUT2D eigenvalue weighted by Crippen LogP contribution is -2.53. The third kappa shape index (κ3) is 3.93. The Bertz CT molecular complexity index is 333. The van der Waals surface area contributed by atoms with Crippen molar-refractivity contribution < 1.29 is 14.6 Å². The molecule has 1 saturated heterocycles. The van der Waals surface area contributed by atoms with Crippen molar-refractivity contribution in [1.82, 2.24) is 10.2 Å². The number of hydrogen-bond acceptors (Lipinski definition) is 4. The molecule has 2 unspecified atom stereocenters. The van der Waals surface area contributed by atoms with Crippen LogP contribution < -0.4 is 5.32 Å². The SMILES string of the molecule is CCC(CCCN1CCOCC1C)(NC1CC1)C(=O)O. The van der Waals surface area contributed by atoms with E-state index < -0.39 is 11.5 Å². The van der Waals surface area contributed by atoms with Crippen LogP contribution in [0.2, 0.25) is 0 Å². The van der Waals surface area contributed by atoms with Gasteiger partial charge in [-0.1, -0.05) is 6.92 Å². The van der Waals surface area contributed by atoms with Gasteiger partial charge < -0.3 is 9.84 Å². The summed E-state index contributed by atoms with van der Waals surface area (Å²) in [5.74, 6) is -0.693. The number of carbonyl (C=O) groups is 1.